The van der Waals surface area contributed by atoms with Gasteiger partial charge in [-0.2, -0.15) is 22.6 Å². The average molecular weight is 587 g/mol. The summed E-state index contributed by atoms with van der Waals surface area (Å²) in [4.78, 5) is 25.5. The Morgan fingerprint density at radius 1 is 1.21 bits per heavy atom. The van der Waals surface area contributed by atoms with Crippen LogP contribution in [-0.2, 0) is 36.1 Å². The van der Waals surface area contributed by atoms with Crippen molar-refractivity contribution in [3.8, 4) is 11.4 Å². The van der Waals surface area contributed by atoms with Crippen molar-refractivity contribution in [1.29, 1.82) is 0 Å². The lowest BCUT2D eigenvalue weighted by Crippen LogP contribution is -2.44. The monoisotopic (exact) mass is 586 g/mol. The second-order valence-electron chi connectivity index (χ2n) is 8.56. The normalized spacial score (nSPS) is 14.5. The number of sulfonamides is 1. The molecule has 3 aromatic heterocycles. The molecule has 17 heteroatoms. The molecule has 1 aromatic carbocycles. The molecule has 1 aliphatic heterocycles. The Balaban J connectivity index is 1.32. The SMILES string of the molecule is CCc1nc2ncc(Cl)cn2c1C(=O)NCc1ccc(-c2nc3n(n2)CCN(S(=O)(=O)C(F)(F)F)C3)c(F)c1. The number of fused-ring (bicyclic) bond motifs is 2. The summed E-state index contributed by atoms with van der Waals surface area (Å²) < 4.78 is 80.2. The molecule has 4 heterocycles. The minimum atomic E-state index is -5.53. The van der Waals surface area contributed by atoms with Gasteiger partial charge in [0.05, 0.1) is 35.6 Å². The van der Waals surface area contributed by atoms with E-state index in [1.807, 2.05) is 6.92 Å². The Hall–Kier alpha value is -3.63. The van der Waals surface area contributed by atoms with Gasteiger partial charge in [0, 0.05) is 19.3 Å². The molecule has 206 valence electrons. The fourth-order valence-electron chi connectivity index (χ4n) is 4.14. The van der Waals surface area contributed by atoms with Gasteiger partial charge in [-0.15, -0.1) is 0 Å². The van der Waals surface area contributed by atoms with Crippen LogP contribution in [0.4, 0.5) is 17.6 Å². The van der Waals surface area contributed by atoms with Crippen molar-refractivity contribution in [3.05, 3.63) is 64.2 Å². The molecule has 0 fully saturated rings. The first kappa shape index (κ1) is 27.0. The first-order valence-electron chi connectivity index (χ1n) is 11.5. The third-order valence-corrected chi connectivity index (χ3v) is 7.83. The molecule has 0 saturated carbocycles. The van der Waals surface area contributed by atoms with Crippen molar-refractivity contribution in [3.63, 3.8) is 0 Å². The van der Waals surface area contributed by atoms with Crippen molar-refractivity contribution in [2.24, 2.45) is 0 Å². The summed E-state index contributed by atoms with van der Waals surface area (Å²) in [6.07, 6.45) is 3.41. The molecule has 39 heavy (non-hydrogen) atoms. The molecule has 0 atom stereocenters. The van der Waals surface area contributed by atoms with Gasteiger partial charge in [0.25, 0.3) is 5.91 Å². The zero-order valence-corrected chi connectivity index (χ0v) is 21.6. The van der Waals surface area contributed by atoms with Crippen LogP contribution in [0.15, 0.2) is 30.6 Å². The highest BCUT2D eigenvalue weighted by molar-refractivity contribution is 7.89. The predicted molar refractivity (Wildman–Crippen MR) is 129 cm³/mol. The van der Waals surface area contributed by atoms with Gasteiger partial charge in [-0.3, -0.25) is 9.20 Å². The number of halogens is 5. The summed E-state index contributed by atoms with van der Waals surface area (Å²) in [6, 6.07) is 4.08. The van der Waals surface area contributed by atoms with Gasteiger partial charge in [-0.1, -0.05) is 24.6 Å². The van der Waals surface area contributed by atoms with E-state index in [9.17, 15) is 30.8 Å². The van der Waals surface area contributed by atoms with Crippen LogP contribution in [-0.4, -0.2) is 59.8 Å². The first-order valence-corrected chi connectivity index (χ1v) is 13.3. The number of imidazole rings is 1. The van der Waals surface area contributed by atoms with E-state index in [1.54, 1.807) is 0 Å². The van der Waals surface area contributed by atoms with E-state index in [0.717, 1.165) is 0 Å². The van der Waals surface area contributed by atoms with E-state index < -0.39 is 40.3 Å². The maximum absolute atomic E-state index is 15.0. The summed E-state index contributed by atoms with van der Waals surface area (Å²) in [7, 11) is -5.53. The summed E-state index contributed by atoms with van der Waals surface area (Å²) in [5, 5.41) is 7.16. The van der Waals surface area contributed by atoms with Crippen LogP contribution < -0.4 is 5.32 Å². The van der Waals surface area contributed by atoms with Gasteiger partial charge in [0.1, 0.15) is 17.3 Å². The van der Waals surface area contributed by atoms with Crippen molar-refractivity contribution in [2.75, 3.05) is 6.54 Å². The van der Waals surface area contributed by atoms with E-state index in [1.165, 1.54) is 39.7 Å². The molecule has 0 spiro atoms. The number of alkyl halides is 3. The van der Waals surface area contributed by atoms with Crippen LogP contribution in [0.3, 0.4) is 0 Å². The second kappa shape index (κ2) is 9.84. The zero-order chi connectivity index (χ0) is 28.1. The Kier molecular flexibility index (Phi) is 6.80. The fourth-order valence-corrected chi connectivity index (χ4v) is 5.18. The fraction of sp³-hybridized carbons (Fsp3) is 0.318. The number of rotatable bonds is 6. The van der Waals surface area contributed by atoms with Gasteiger partial charge < -0.3 is 5.32 Å². The summed E-state index contributed by atoms with van der Waals surface area (Å²) in [5.74, 6) is -1.04. The lowest BCUT2D eigenvalue weighted by atomic mass is 10.1. The maximum atomic E-state index is 15.0. The topological polar surface area (TPSA) is 127 Å². The molecular weight excluding hydrogens is 568 g/mol. The van der Waals surface area contributed by atoms with Crippen molar-refractivity contribution >= 4 is 33.3 Å². The summed E-state index contributed by atoms with van der Waals surface area (Å²) >= 11 is 6.01. The van der Waals surface area contributed by atoms with Gasteiger partial charge in [-0.05, 0) is 24.1 Å². The number of amides is 1. The van der Waals surface area contributed by atoms with Crippen LogP contribution in [0, 0.1) is 5.82 Å². The molecular formula is C22H19ClF4N8O3S. The molecule has 5 rings (SSSR count). The lowest BCUT2D eigenvalue weighted by Gasteiger charge is -2.26. The number of benzene rings is 1. The Morgan fingerprint density at radius 3 is 2.67 bits per heavy atom. The van der Waals surface area contributed by atoms with E-state index in [-0.39, 0.29) is 40.3 Å². The first-order chi connectivity index (χ1) is 18.4. The largest absolute Gasteiger partial charge is 0.511 e. The van der Waals surface area contributed by atoms with Crippen molar-refractivity contribution in [1.82, 2.24) is 38.8 Å². The Morgan fingerprint density at radius 2 is 1.97 bits per heavy atom. The lowest BCUT2D eigenvalue weighted by molar-refractivity contribution is -0.0496. The highest BCUT2D eigenvalue weighted by Gasteiger charge is 2.50. The van der Waals surface area contributed by atoms with Crippen LogP contribution in [0.1, 0.15) is 34.5 Å². The average Bonchev–Trinajstić information content (AvgIpc) is 3.47. The van der Waals surface area contributed by atoms with Gasteiger partial charge in [0.2, 0.25) is 5.78 Å². The second-order valence-corrected chi connectivity index (χ2v) is 10.9. The number of hydrogen-bond acceptors (Lipinski definition) is 7. The minimum absolute atomic E-state index is 0.0300. The number of nitrogens with one attached hydrogen (secondary N) is 1. The highest BCUT2D eigenvalue weighted by atomic mass is 35.5. The van der Waals surface area contributed by atoms with Crippen LogP contribution >= 0.6 is 11.6 Å². The van der Waals surface area contributed by atoms with Crippen LogP contribution in [0.5, 0.6) is 0 Å². The van der Waals surface area contributed by atoms with Crippen molar-refractivity contribution in [2.45, 2.75) is 38.5 Å². The Labute approximate surface area is 223 Å². The number of aryl methyl sites for hydroxylation is 1. The summed E-state index contributed by atoms with van der Waals surface area (Å²) in [6.45, 7) is 0.533. The van der Waals surface area contributed by atoms with E-state index in [2.05, 4.69) is 25.4 Å². The third kappa shape index (κ3) is 4.94. The molecule has 1 amide bonds. The molecule has 1 N–H and O–H groups in total. The Bertz CT molecular complexity index is 1700. The number of hydrogen-bond donors (Lipinski definition) is 1. The van der Waals surface area contributed by atoms with Crippen LogP contribution in [0.25, 0.3) is 17.2 Å². The third-order valence-electron chi connectivity index (χ3n) is 6.06. The molecule has 0 aliphatic carbocycles. The number of nitrogens with zero attached hydrogens (tertiary/aromatic N) is 7. The molecule has 4 aromatic rings. The molecule has 0 bridgehead atoms. The molecule has 0 radical (unpaired) electrons. The van der Waals surface area contributed by atoms with E-state index in [0.29, 0.717) is 28.5 Å². The standard InChI is InChI=1S/C22H19ClF4N8O3S/c1-2-16-18(34-10-13(23)9-29-21(34)30-16)20(36)28-8-12-3-4-14(15(24)7-12)19-31-17-11-33(5-6-35(17)32-19)39(37,38)22(25,26)27/h3-4,7,9-10H,2,5-6,8,11H2,1H3,(H,28,36). The predicted octanol–water partition coefficient (Wildman–Crippen LogP) is 2.94. The van der Waals surface area contributed by atoms with E-state index in [4.69, 9.17) is 11.6 Å². The smallest absolute Gasteiger partial charge is 0.347 e. The van der Waals surface area contributed by atoms with Crippen LogP contribution in [0.2, 0.25) is 5.02 Å². The van der Waals surface area contributed by atoms with E-state index >= 15 is 0 Å². The quantitative estimate of drug-likeness (QED) is 0.344. The highest BCUT2D eigenvalue weighted by Crippen LogP contribution is 2.30. The maximum Gasteiger partial charge on any atom is 0.511 e. The number of carbonyl (C=O) groups is 1. The number of carbonyl (C=O) groups excluding carboxylic acids is 1. The van der Waals surface area contributed by atoms with Gasteiger partial charge in [0.15, 0.2) is 5.82 Å². The molecule has 1 aliphatic rings. The number of aromatic nitrogens is 6. The van der Waals surface area contributed by atoms with Gasteiger partial charge >= 0.3 is 15.5 Å². The van der Waals surface area contributed by atoms with Crippen molar-refractivity contribution < 1.29 is 30.8 Å². The van der Waals surface area contributed by atoms with Gasteiger partial charge in [-0.25, -0.2) is 32.4 Å². The molecule has 0 unspecified atom stereocenters. The summed E-state index contributed by atoms with van der Waals surface area (Å²) in [5.41, 5.74) is -4.29. The minimum Gasteiger partial charge on any atom is -0.347 e. The molecule has 0 saturated heterocycles. The molecule has 11 nitrogen and oxygen atoms in total. The zero-order valence-electron chi connectivity index (χ0n) is 20.1.